The number of aromatic nitrogens is 4. The average Bonchev–Trinajstić information content (AvgIpc) is 3.91. The maximum atomic E-state index is 14.4. The van der Waals surface area contributed by atoms with Crippen molar-refractivity contribution in [2.24, 2.45) is 41.4 Å². The summed E-state index contributed by atoms with van der Waals surface area (Å²) in [6.07, 6.45) is 15.7. The van der Waals surface area contributed by atoms with Crippen LogP contribution in [0.1, 0.15) is 139 Å². The van der Waals surface area contributed by atoms with Crippen LogP contribution in [0.2, 0.25) is 0 Å². The average molecular weight is 996 g/mol. The quantitative estimate of drug-likeness (QED) is 0.147. The number of H-pyrrole nitrogens is 1. The van der Waals surface area contributed by atoms with Crippen molar-refractivity contribution < 1.29 is 57.9 Å². The molecule has 1 aromatic rings. The number of tetrazole rings is 1. The van der Waals surface area contributed by atoms with Gasteiger partial charge < -0.3 is 38.8 Å². The Morgan fingerprint density at radius 1 is 0.873 bits per heavy atom. The van der Waals surface area contributed by atoms with Gasteiger partial charge in [-0.1, -0.05) is 89.6 Å². The second-order valence-corrected chi connectivity index (χ2v) is 20.9. The molecule has 0 radical (unpaired) electrons. The van der Waals surface area contributed by atoms with Gasteiger partial charge in [-0.15, -0.1) is 10.2 Å². The number of piperidine rings is 1. The van der Waals surface area contributed by atoms with Gasteiger partial charge in [0, 0.05) is 58.5 Å². The fourth-order valence-corrected chi connectivity index (χ4v) is 10.7. The zero-order valence-corrected chi connectivity index (χ0v) is 44.3. The molecule has 1 aliphatic carbocycles. The molecule has 15 atom stereocenters. The van der Waals surface area contributed by atoms with Gasteiger partial charge in [-0.05, 0) is 113 Å². The summed E-state index contributed by atoms with van der Waals surface area (Å²) in [4.78, 5) is 72.3. The highest BCUT2D eigenvalue weighted by atomic mass is 16.6. The number of rotatable bonds is 6. The largest absolute Gasteiger partial charge is 0.460 e. The smallest absolute Gasteiger partial charge is 0.329 e. The number of aliphatic hydroxyl groups excluding tert-OH is 1. The maximum absolute atomic E-state index is 14.4. The number of Topliss-reactive ketones (excluding diaryl/α,β-unsaturated/α-hetero) is 3. The lowest BCUT2D eigenvalue weighted by Crippen LogP contribution is -2.59. The molecule has 0 unspecified atom stereocenters. The molecule has 3 fully saturated rings. The molecular weight excluding hydrogens is 911 g/mol. The third-order valence-electron chi connectivity index (χ3n) is 15.4. The highest BCUT2D eigenvalue weighted by Crippen LogP contribution is 2.38. The van der Waals surface area contributed by atoms with Gasteiger partial charge in [0.1, 0.15) is 30.1 Å². The first-order chi connectivity index (χ1) is 33.7. The van der Waals surface area contributed by atoms with E-state index in [2.05, 4.69) is 27.5 Å². The molecule has 17 heteroatoms. The van der Waals surface area contributed by atoms with Gasteiger partial charge >= 0.3 is 5.97 Å². The van der Waals surface area contributed by atoms with Crippen molar-refractivity contribution in [3.63, 3.8) is 0 Å². The molecule has 17 nitrogen and oxygen atoms in total. The van der Waals surface area contributed by atoms with Gasteiger partial charge in [0.05, 0.1) is 18.3 Å². The predicted molar refractivity (Wildman–Crippen MR) is 267 cm³/mol. The van der Waals surface area contributed by atoms with Crippen LogP contribution < -0.4 is 0 Å². The van der Waals surface area contributed by atoms with E-state index in [9.17, 15) is 34.2 Å². The Morgan fingerprint density at radius 3 is 2.27 bits per heavy atom. The lowest BCUT2D eigenvalue weighted by atomic mass is 9.76. The topological polar surface area (TPSA) is 230 Å². The van der Waals surface area contributed by atoms with E-state index in [-0.39, 0.29) is 54.8 Å². The van der Waals surface area contributed by atoms with Crippen molar-refractivity contribution in [1.29, 1.82) is 0 Å². The van der Waals surface area contributed by atoms with Crippen LogP contribution >= 0.6 is 0 Å². The molecule has 2 saturated heterocycles. The number of esters is 1. The van der Waals surface area contributed by atoms with E-state index in [4.69, 9.17) is 23.7 Å². The summed E-state index contributed by atoms with van der Waals surface area (Å²) in [5.41, 5.74) is 1.30. The fourth-order valence-electron chi connectivity index (χ4n) is 10.7. The van der Waals surface area contributed by atoms with Crippen LogP contribution in [0.25, 0.3) is 0 Å². The standard InChI is InChI=1S/C53H83NO12.CH2N4/c1-32-18-13-12-14-19-33(2)45(63-10)30-41-21-17-20-39(8)53(61,66-41)50(58)51(59)54-25-16-15-22-42(54)52(60)65-46(36(5)28-40-24-23-34(3)44(29-40)62-9)31-43(55)35(4)27-38(7)48(57)49(64-11)47(56)37(6)26-32;1-2-4-5-3-1/h12-14,18-19,27,32,34-37,39-42,44-46,48-49,57,61H,15-17,20-26,28-31H2,1-11H3;1H,(H,2,3,4,5)/b14-12+,18-13+,33-19+,38-27+;/t32-,34+,35-,36-,37+,39-,40+,41+,42+,44-,45+,46+,48-,49+,53-;/m1./s1. The summed E-state index contributed by atoms with van der Waals surface area (Å²) in [5, 5.41) is 35.8. The molecule has 5 rings (SSSR count). The minimum Gasteiger partial charge on any atom is -0.460 e. The van der Waals surface area contributed by atoms with Crippen LogP contribution in [0.5, 0.6) is 0 Å². The van der Waals surface area contributed by atoms with E-state index in [0.29, 0.717) is 62.9 Å². The van der Waals surface area contributed by atoms with Crippen LogP contribution in [-0.2, 0) is 47.7 Å². The van der Waals surface area contributed by atoms with Crippen LogP contribution in [0, 0.1) is 41.4 Å². The molecule has 398 valence electrons. The van der Waals surface area contributed by atoms with E-state index in [1.165, 1.54) is 18.3 Å². The zero-order valence-electron chi connectivity index (χ0n) is 44.3. The summed E-state index contributed by atoms with van der Waals surface area (Å²) in [6.45, 7) is 15.1. The molecule has 1 amide bonds. The van der Waals surface area contributed by atoms with Gasteiger partial charge in [0.15, 0.2) is 12.1 Å². The van der Waals surface area contributed by atoms with E-state index in [0.717, 1.165) is 24.8 Å². The third kappa shape index (κ3) is 16.9. The van der Waals surface area contributed by atoms with Crippen LogP contribution in [0.15, 0.2) is 53.9 Å². The molecule has 0 spiro atoms. The number of amides is 1. The van der Waals surface area contributed by atoms with Crippen molar-refractivity contribution in [2.75, 3.05) is 27.9 Å². The van der Waals surface area contributed by atoms with Crippen LogP contribution in [0.3, 0.4) is 0 Å². The summed E-state index contributed by atoms with van der Waals surface area (Å²) < 4.78 is 29.9. The Hall–Kier alpha value is -4.26. The number of cyclic esters (lactones) is 1. The fraction of sp³-hybridized carbons (Fsp3) is 0.741. The highest BCUT2D eigenvalue weighted by molar-refractivity contribution is 6.39. The Balaban J connectivity index is 0.00000205. The minimum atomic E-state index is -2.43. The lowest BCUT2D eigenvalue weighted by Gasteiger charge is -2.39. The maximum Gasteiger partial charge on any atom is 0.329 e. The zero-order chi connectivity index (χ0) is 52.4. The van der Waals surface area contributed by atoms with Gasteiger partial charge in [0.2, 0.25) is 5.79 Å². The number of carbonyl (C=O) groups is 5. The molecule has 3 aliphatic heterocycles. The van der Waals surface area contributed by atoms with Crippen molar-refractivity contribution in [3.05, 3.63) is 53.9 Å². The minimum absolute atomic E-state index is 0.0294. The number of ketones is 3. The molecule has 4 aliphatic rings. The molecule has 1 saturated carbocycles. The van der Waals surface area contributed by atoms with Crippen molar-refractivity contribution in [1.82, 2.24) is 25.5 Å². The third-order valence-corrected chi connectivity index (χ3v) is 15.4. The second-order valence-electron chi connectivity index (χ2n) is 20.9. The van der Waals surface area contributed by atoms with Gasteiger partial charge in [-0.3, -0.25) is 19.2 Å². The molecule has 4 heterocycles. The summed E-state index contributed by atoms with van der Waals surface area (Å²) in [5.74, 6) is -7.09. The van der Waals surface area contributed by atoms with E-state index in [1.54, 1.807) is 41.1 Å². The Morgan fingerprint density at radius 2 is 1.62 bits per heavy atom. The van der Waals surface area contributed by atoms with Gasteiger partial charge in [0.25, 0.3) is 11.7 Å². The number of allylic oxidation sites excluding steroid dienone is 6. The number of aliphatic hydroxyl groups is 2. The van der Waals surface area contributed by atoms with Crippen LogP contribution in [-0.4, -0.2) is 141 Å². The Labute approximate surface area is 421 Å². The molecule has 3 N–H and O–H groups in total. The first-order valence-electron chi connectivity index (χ1n) is 25.9. The van der Waals surface area contributed by atoms with Gasteiger partial charge in [-0.2, -0.15) is 5.21 Å². The Bertz CT molecular complexity index is 1970. The lowest BCUT2D eigenvalue weighted by molar-refractivity contribution is -0.242. The molecule has 71 heavy (non-hydrogen) atoms. The number of carbonyl (C=O) groups excluding carboxylic acids is 5. The van der Waals surface area contributed by atoms with E-state index >= 15 is 0 Å². The van der Waals surface area contributed by atoms with Crippen molar-refractivity contribution in [3.8, 4) is 0 Å². The number of ether oxygens (including phenoxy) is 5. The number of methoxy groups -OCH3 is 3. The van der Waals surface area contributed by atoms with E-state index in [1.807, 2.05) is 58.1 Å². The number of hydrogen-bond acceptors (Lipinski definition) is 15. The molecule has 2 bridgehead atoms. The number of nitrogens with one attached hydrogen (secondary N) is 1. The highest BCUT2D eigenvalue weighted by Gasteiger charge is 2.52. The molecule has 1 aromatic heterocycles. The number of fused-ring (bicyclic) bond motifs is 3. The summed E-state index contributed by atoms with van der Waals surface area (Å²) >= 11 is 0. The van der Waals surface area contributed by atoms with E-state index < -0.39 is 77.8 Å². The van der Waals surface area contributed by atoms with Gasteiger partial charge in [-0.25, -0.2) is 4.79 Å². The Kier molecular flexibility index (Phi) is 24.1. The first kappa shape index (κ1) is 59.3. The number of hydrogen-bond donors (Lipinski definition) is 3. The molecular formula is C54H85N5O12. The number of nitrogens with zero attached hydrogens (tertiary/aromatic N) is 4. The summed E-state index contributed by atoms with van der Waals surface area (Å²) in [6, 6.07) is -1.11. The second kappa shape index (κ2) is 28.8. The summed E-state index contributed by atoms with van der Waals surface area (Å²) in [7, 11) is 4.71. The first-order valence-corrected chi connectivity index (χ1v) is 25.9. The predicted octanol–water partition coefficient (Wildman–Crippen LogP) is 7.05. The monoisotopic (exact) mass is 996 g/mol. The van der Waals surface area contributed by atoms with Crippen molar-refractivity contribution >= 4 is 29.2 Å². The molecule has 0 aromatic carbocycles. The normalized spacial score (nSPS) is 37.9. The SMILES string of the molecule is CO[C@H]1C[C@@H]2CCC[C@@H](C)[C@@](O)(O2)C(=O)C(=O)N2CCCC[C@H]2C(=O)O[C@H]([C@H](C)C[C@@H]2CC[C@H](C)[C@H](OC)C2)CC(=O)[C@H](C)/C=C(\C)[C@@H](O)[C@@H](OC)C(=O)[C@@H](C)C[C@H](C)/C=C/C=C/C=C/1C.c1nn[nH]n1. The number of aromatic amines is 1. The van der Waals surface area contributed by atoms with Crippen molar-refractivity contribution in [2.45, 2.75) is 187 Å². The van der Waals surface area contributed by atoms with Crippen LogP contribution in [0.4, 0.5) is 0 Å².